The molecule has 0 bridgehead atoms. The molecular weight excluding hydrogens is 70.0 g/mol. The van der Waals surface area contributed by atoms with Gasteiger partial charge in [-0.1, -0.05) is 0 Å². The monoisotopic (exact) mass is 77.0 g/mol. The first kappa shape index (κ1) is 4.88. The number of methoxy groups -OCH3 is 1. The molecule has 0 saturated heterocycles. The van der Waals surface area contributed by atoms with E-state index in [2.05, 4.69) is 10.5 Å². The minimum Gasteiger partial charge on any atom is -0.356 e. The number of hydrogen-bond donors (Lipinski definition) is 2. The van der Waals surface area contributed by atoms with Gasteiger partial charge in [0, 0.05) is 7.11 Å². The van der Waals surface area contributed by atoms with Crippen LogP contribution in [-0.4, -0.2) is 18.6 Å². The molecule has 0 aromatic heterocycles. The van der Waals surface area contributed by atoms with Crippen LogP contribution in [0.4, 0.5) is 0 Å². The number of hydrogen-bond acceptors (Lipinski definition) is 3. The summed E-state index contributed by atoms with van der Waals surface area (Å²) in [4.78, 5) is 0. The number of aliphatic hydroxyl groups excluding tert-OH is 1. The molecule has 1 unspecified atom stereocenters. The number of rotatable bonds is 1. The van der Waals surface area contributed by atoms with E-state index in [0.717, 1.165) is 0 Å². The van der Waals surface area contributed by atoms with Crippen LogP contribution in [0.5, 0.6) is 0 Å². The molecule has 0 aliphatic rings. The number of aliphatic hydroxyl groups is 1. The van der Waals surface area contributed by atoms with Gasteiger partial charge < -0.3 is 9.84 Å². The maximum atomic E-state index is 7.92. The fraction of sp³-hybridized carbons (Fsp3) is 1.00. The van der Waals surface area contributed by atoms with Crippen LogP contribution in [0, 0.1) is 0 Å². The number of ether oxygens (including phenoxy) is 1. The van der Waals surface area contributed by atoms with Crippen molar-refractivity contribution in [3.05, 3.63) is 0 Å². The van der Waals surface area contributed by atoms with Crippen LogP contribution in [0.1, 0.15) is 0 Å². The maximum absolute atomic E-state index is 7.92. The highest BCUT2D eigenvalue weighted by molar-refractivity contribution is 4.05. The van der Waals surface area contributed by atoms with E-state index in [1.807, 2.05) is 0 Å². The van der Waals surface area contributed by atoms with Crippen LogP contribution >= 0.6 is 0 Å². The molecule has 1 atom stereocenters. The Labute approximate surface area is 30.4 Å². The number of nitrogens with two attached hydrogens (primary N) is 1. The standard InChI is InChI=1S/C2H7NO2/c1-5-2(3)4/h2,4H,3H2,1H3. The third-order valence-electron chi connectivity index (χ3n) is 0.241. The molecule has 0 aromatic rings. The molecule has 3 heteroatoms. The first-order chi connectivity index (χ1) is 2.27. The molecule has 3 nitrogen and oxygen atoms in total. The van der Waals surface area contributed by atoms with Crippen LogP contribution in [0.2, 0.25) is 0 Å². The average molecular weight is 77.1 g/mol. The molecule has 0 rings (SSSR count). The van der Waals surface area contributed by atoms with Crippen LogP contribution in [0.15, 0.2) is 0 Å². The smallest absolute Gasteiger partial charge is 0.210 e. The van der Waals surface area contributed by atoms with Gasteiger partial charge in [-0.05, 0) is 0 Å². The van der Waals surface area contributed by atoms with Crippen molar-refractivity contribution in [3.8, 4) is 0 Å². The van der Waals surface area contributed by atoms with E-state index in [1.165, 1.54) is 7.11 Å². The zero-order valence-corrected chi connectivity index (χ0v) is 3.01. The van der Waals surface area contributed by atoms with Gasteiger partial charge >= 0.3 is 0 Å². The van der Waals surface area contributed by atoms with E-state index in [4.69, 9.17) is 5.11 Å². The van der Waals surface area contributed by atoms with Crippen molar-refractivity contribution in [2.45, 2.75) is 6.41 Å². The van der Waals surface area contributed by atoms with Crippen LogP contribution < -0.4 is 5.73 Å². The van der Waals surface area contributed by atoms with E-state index >= 15 is 0 Å². The topological polar surface area (TPSA) is 55.5 Å². The second kappa shape index (κ2) is 2.14. The average Bonchev–Trinajstić information content (AvgIpc) is 1.38. The summed E-state index contributed by atoms with van der Waals surface area (Å²) in [6.45, 7) is 0. The van der Waals surface area contributed by atoms with E-state index in [-0.39, 0.29) is 0 Å². The van der Waals surface area contributed by atoms with Gasteiger partial charge in [0.25, 0.3) is 0 Å². The Morgan fingerprint density at radius 2 is 2.20 bits per heavy atom. The highest BCUT2D eigenvalue weighted by atomic mass is 16.6. The quantitative estimate of drug-likeness (QED) is 0.389. The lowest BCUT2D eigenvalue weighted by Crippen LogP contribution is -2.19. The van der Waals surface area contributed by atoms with Gasteiger partial charge in [-0.2, -0.15) is 0 Å². The SMILES string of the molecule is COC(N)O. The van der Waals surface area contributed by atoms with Gasteiger partial charge in [0.05, 0.1) is 0 Å². The fourth-order valence-electron chi connectivity index (χ4n) is 0. The highest BCUT2D eigenvalue weighted by Crippen LogP contribution is 1.60. The maximum Gasteiger partial charge on any atom is 0.210 e. The molecular formula is C2H7NO2. The van der Waals surface area contributed by atoms with Gasteiger partial charge in [-0.3, -0.25) is 5.73 Å². The largest absolute Gasteiger partial charge is 0.356 e. The van der Waals surface area contributed by atoms with Crippen molar-refractivity contribution < 1.29 is 9.84 Å². The molecule has 0 heterocycles. The van der Waals surface area contributed by atoms with Gasteiger partial charge in [-0.15, -0.1) is 0 Å². The lowest BCUT2D eigenvalue weighted by molar-refractivity contribution is -0.0679. The third kappa shape index (κ3) is 3.88. The summed E-state index contributed by atoms with van der Waals surface area (Å²) in [7, 11) is 1.32. The Morgan fingerprint density at radius 3 is 2.20 bits per heavy atom. The molecule has 32 valence electrons. The van der Waals surface area contributed by atoms with Gasteiger partial charge in [-0.25, -0.2) is 0 Å². The van der Waals surface area contributed by atoms with Crippen molar-refractivity contribution in [1.29, 1.82) is 0 Å². The zero-order chi connectivity index (χ0) is 4.28. The van der Waals surface area contributed by atoms with Gasteiger partial charge in [0.2, 0.25) is 6.41 Å². The molecule has 0 aromatic carbocycles. The summed E-state index contributed by atoms with van der Waals surface area (Å²) in [5, 5.41) is 7.92. The third-order valence-corrected chi connectivity index (χ3v) is 0.241. The van der Waals surface area contributed by atoms with E-state index < -0.39 is 6.41 Å². The fourth-order valence-corrected chi connectivity index (χ4v) is 0. The van der Waals surface area contributed by atoms with E-state index in [0.29, 0.717) is 0 Å². The van der Waals surface area contributed by atoms with E-state index in [9.17, 15) is 0 Å². The Balaban J connectivity index is 2.54. The van der Waals surface area contributed by atoms with Crippen molar-refractivity contribution >= 4 is 0 Å². The highest BCUT2D eigenvalue weighted by Gasteiger charge is 1.80. The molecule has 3 N–H and O–H groups in total. The lowest BCUT2D eigenvalue weighted by Gasteiger charge is -1.94. The summed E-state index contributed by atoms with van der Waals surface area (Å²) in [5.74, 6) is 0. The van der Waals surface area contributed by atoms with Crippen LogP contribution in [0.3, 0.4) is 0 Å². The van der Waals surface area contributed by atoms with Crippen molar-refractivity contribution in [3.63, 3.8) is 0 Å². The summed E-state index contributed by atoms with van der Waals surface area (Å²) in [6.07, 6.45) is -1.12. The lowest BCUT2D eigenvalue weighted by atomic mass is 11.2. The predicted molar refractivity (Wildman–Crippen MR) is 17.2 cm³/mol. The Bertz CT molecular complexity index is 21.6. The summed E-state index contributed by atoms with van der Waals surface area (Å²) in [5.41, 5.74) is 4.62. The Hall–Kier alpha value is -0.120. The molecule has 5 heavy (non-hydrogen) atoms. The molecule has 0 fully saturated rings. The van der Waals surface area contributed by atoms with Crippen molar-refractivity contribution in [2.75, 3.05) is 7.11 Å². The molecule has 0 saturated carbocycles. The van der Waals surface area contributed by atoms with E-state index in [1.54, 1.807) is 0 Å². The first-order valence-corrected chi connectivity index (χ1v) is 1.24. The normalized spacial score (nSPS) is 15.0. The second-order valence-electron chi connectivity index (χ2n) is 0.626. The van der Waals surface area contributed by atoms with Crippen molar-refractivity contribution in [1.82, 2.24) is 0 Å². The Kier molecular flexibility index (Phi) is 2.09. The van der Waals surface area contributed by atoms with Crippen LogP contribution in [-0.2, 0) is 4.74 Å². The van der Waals surface area contributed by atoms with Gasteiger partial charge in [0.15, 0.2) is 0 Å². The molecule has 0 aliphatic carbocycles. The molecule has 0 spiro atoms. The molecule has 0 radical (unpaired) electrons. The molecule has 0 aliphatic heterocycles. The van der Waals surface area contributed by atoms with Crippen molar-refractivity contribution in [2.24, 2.45) is 5.73 Å². The Morgan fingerprint density at radius 1 is 2.00 bits per heavy atom. The summed E-state index contributed by atoms with van der Waals surface area (Å²) in [6, 6.07) is 0. The minimum absolute atomic E-state index is 1.12. The second-order valence-corrected chi connectivity index (χ2v) is 0.626. The van der Waals surface area contributed by atoms with Crippen LogP contribution in [0.25, 0.3) is 0 Å². The first-order valence-electron chi connectivity index (χ1n) is 1.24. The summed E-state index contributed by atoms with van der Waals surface area (Å²) >= 11 is 0. The molecule has 0 amide bonds. The summed E-state index contributed by atoms with van der Waals surface area (Å²) < 4.78 is 4.08. The predicted octanol–water partition coefficient (Wildman–Crippen LogP) is -1.13. The van der Waals surface area contributed by atoms with Gasteiger partial charge in [0.1, 0.15) is 0 Å². The minimum atomic E-state index is -1.12. The zero-order valence-electron chi connectivity index (χ0n) is 3.01.